The van der Waals surface area contributed by atoms with E-state index in [9.17, 15) is 9.59 Å². The molecule has 7 heteroatoms. The van der Waals surface area contributed by atoms with Gasteiger partial charge in [-0.2, -0.15) is 0 Å². The second-order valence-electron chi connectivity index (χ2n) is 6.37. The van der Waals surface area contributed by atoms with Gasteiger partial charge in [0.1, 0.15) is 0 Å². The molecular weight excluding hydrogens is 349 g/mol. The first-order chi connectivity index (χ1) is 10.9. The minimum atomic E-state index is -0.189. The molecule has 5 nitrogen and oxygen atoms in total. The number of amides is 2. The van der Waals surface area contributed by atoms with Crippen molar-refractivity contribution in [3.05, 3.63) is 23.2 Å². The molecule has 1 aromatic carbocycles. The topological polar surface area (TPSA) is 84.2 Å². The summed E-state index contributed by atoms with van der Waals surface area (Å²) in [4.78, 5) is 23.4. The summed E-state index contributed by atoms with van der Waals surface area (Å²) in [7, 11) is 0. The van der Waals surface area contributed by atoms with Crippen LogP contribution in [0.5, 0.6) is 0 Å². The molecule has 0 saturated heterocycles. The molecule has 1 aliphatic carbocycles. The fourth-order valence-corrected chi connectivity index (χ4v) is 3.41. The first-order valence-electron chi connectivity index (χ1n) is 8.01. The van der Waals surface area contributed by atoms with Gasteiger partial charge in [-0.15, -0.1) is 12.4 Å². The maximum absolute atomic E-state index is 12.3. The van der Waals surface area contributed by atoms with Gasteiger partial charge in [0.2, 0.25) is 11.8 Å². The van der Waals surface area contributed by atoms with E-state index in [0.717, 1.165) is 25.7 Å². The molecule has 1 aliphatic rings. The summed E-state index contributed by atoms with van der Waals surface area (Å²) < 4.78 is 0. The molecule has 2 amide bonds. The minimum Gasteiger partial charge on any atom is -0.330 e. The average molecular weight is 374 g/mol. The number of anilines is 2. The molecule has 0 atom stereocenters. The molecule has 1 aromatic rings. The third kappa shape index (κ3) is 5.65. The molecule has 4 N–H and O–H groups in total. The summed E-state index contributed by atoms with van der Waals surface area (Å²) >= 11 is 6.12. The highest BCUT2D eigenvalue weighted by atomic mass is 35.5. The quantitative estimate of drug-likeness (QED) is 0.729. The van der Waals surface area contributed by atoms with Gasteiger partial charge >= 0.3 is 0 Å². The molecule has 2 rings (SSSR count). The summed E-state index contributed by atoms with van der Waals surface area (Å²) in [6.07, 6.45) is 5.97. The fraction of sp³-hybridized carbons (Fsp3) is 0.529. The van der Waals surface area contributed by atoms with Gasteiger partial charge in [0.15, 0.2) is 0 Å². The van der Waals surface area contributed by atoms with Crippen LogP contribution < -0.4 is 16.4 Å². The lowest BCUT2D eigenvalue weighted by atomic mass is 9.71. The number of rotatable bonds is 5. The Balaban J connectivity index is 0.00000288. The Morgan fingerprint density at radius 1 is 1.21 bits per heavy atom. The van der Waals surface area contributed by atoms with E-state index in [2.05, 4.69) is 10.6 Å². The second-order valence-corrected chi connectivity index (χ2v) is 6.77. The largest absolute Gasteiger partial charge is 0.330 e. The first kappa shape index (κ1) is 20.7. The van der Waals surface area contributed by atoms with Crippen LogP contribution in [0.4, 0.5) is 11.4 Å². The van der Waals surface area contributed by atoms with Crippen LogP contribution >= 0.6 is 24.0 Å². The first-order valence-corrected chi connectivity index (χ1v) is 8.39. The van der Waals surface area contributed by atoms with Gasteiger partial charge in [-0.25, -0.2) is 0 Å². The molecule has 0 aromatic heterocycles. The number of hydrogen-bond donors (Lipinski definition) is 3. The van der Waals surface area contributed by atoms with Crippen LogP contribution in [0.25, 0.3) is 0 Å². The van der Waals surface area contributed by atoms with Crippen molar-refractivity contribution in [3.63, 3.8) is 0 Å². The standard InChI is InChI=1S/C17H24ClN3O2.ClH/c1-12(22)20-15-6-5-13(9-14(15)18)21-16(23)10-17(11-19)7-3-2-4-8-17;/h5-6,9H,2-4,7-8,10-11,19H2,1H3,(H,20,22)(H,21,23);1H. The number of halogens is 2. The van der Waals surface area contributed by atoms with Crippen molar-refractivity contribution in [1.82, 2.24) is 0 Å². The number of benzene rings is 1. The third-order valence-electron chi connectivity index (χ3n) is 4.45. The Bertz CT molecular complexity index is 587. The van der Waals surface area contributed by atoms with Crippen LogP contribution in [0.2, 0.25) is 5.02 Å². The van der Waals surface area contributed by atoms with Gasteiger partial charge in [0.05, 0.1) is 10.7 Å². The molecule has 1 saturated carbocycles. The second kappa shape index (κ2) is 9.25. The predicted molar refractivity (Wildman–Crippen MR) is 101 cm³/mol. The zero-order chi connectivity index (χ0) is 16.9. The molecular formula is C17H25Cl2N3O2. The summed E-state index contributed by atoms with van der Waals surface area (Å²) in [6, 6.07) is 5.05. The van der Waals surface area contributed by atoms with Crippen molar-refractivity contribution in [1.29, 1.82) is 0 Å². The van der Waals surface area contributed by atoms with Gasteiger partial charge in [-0.05, 0) is 43.0 Å². The zero-order valence-electron chi connectivity index (χ0n) is 13.9. The van der Waals surface area contributed by atoms with E-state index in [-0.39, 0.29) is 29.6 Å². The lowest BCUT2D eigenvalue weighted by Crippen LogP contribution is -2.36. The van der Waals surface area contributed by atoms with Gasteiger partial charge in [-0.1, -0.05) is 30.9 Å². The van der Waals surface area contributed by atoms with Crippen molar-refractivity contribution in [3.8, 4) is 0 Å². The Hall–Kier alpha value is -1.30. The maximum Gasteiger partial charge on any atom is 0.224 e. The van der Waals surface area contributed by atoms with Gasteiger partial charge in [0.25, 0.3) is 0 Å². The Morgan fingerprint density at radius 2 is 1.88 bits per heavy atom. The molecule has 134 valence electrons. The highest BCUT2D eigenvalue weighted by Crippen LogP contribution is 2.38. The molecule has 0 unspecified atom stereocenters. The van der Waals surface area contributed by atoms with E-state index in [0.29, 0.717) is 29.4 Å². The smallest absolute Gasteiger partial charge is 0.224 e. The molecule has 0 spiro atoms. The lowest BCUT2D eigenvalue weighted by Gasteiger charge is -2.35. The van der Waals surface area contributed by atoms with Crippen LogP contribution in [0.15, 0.2) is 18.2 Å². The SMILES string of the molecule is CC(=O)Nc1ccc(NC(=O)CC2(CN)CCCCC2)cc1Cl.Cl. The summed E-state index contributed by atoms with van der Waals surface area (Å²) in [5, 5.41) is 5.91. The number of hydrogen-bond acceptors (Lipinski definition) is 3. The van der Waals surface area contributed by atoms with Crippen LogP contribution in [0.1, 0.15) is 45.4 Å². The molecule has 0 bridgehead atoms. The van der Waals surface area contributed by atoms with Gasteiger partial charge in [0, 0.05) is 19.0 Å². The molecule has 0 aliphatic heterocycles. The van der Waals surface area contributed by atoms with Gasteiger partial charge < -0.3 is 16.4 Å². The lowest BCUT2D eigenvalue weighted by molar-refractivity contribution is -0.119. The molecule has 1 fully saturated rings. The summed E-state index contributed by atoms with van der Waals surface area (Å²) in [5.74, 6) is -0.230. The molecule has 24 heavy (non-hydrogen) atoms. The van der Waals surface area contributed by atoms with Gasteiger partial charge in [-0.3, -0.25) is 9.59 Å². The van der Waals surface area contributed by atoms with Crippen molar-refractivity contribution >= 4 is 47.2 Å². The highest BCUT2D eigenvalue weighted by molar-refractivity contribution is 6.34. The maximum atomic E-state index is 12.3. The zero-order valence-corrected chi connectivity index (χ0v) is 15.4. The Morgan fingerprint density at radius 3 is 2.42 bits per heavy atom. The van der Waals surface area contributed by atoms with Crippen LogP contribution in [-0.4, -0.2) is 18.4 Å². The molecule has 0 radical (unpaired) electrons. The number of carbonyl (C=O) groups is 2. The Labute approximate surface area is 154 Å². The van der Waals surface area contributed by atoms with E-state index < -0.39 is 0 Å². The fourth-order valence-electron chi connectivity index (χ4n) is 3.18. The Kier molecular flexibility index (Phi) is 8.00. The number of carbonyl (C=O) groups excluding carboxylic acids is 2. The average Bonchev–Trinajstić information content (AvgIpc) is 2.50. The van der Waals surface area contributed by atoms with E-state index in [4.69, 9.17) is 17.3 Å². The van der Waals surface area contributed by atoms with Crippen molar-refractivity contribution in [2.45, 2.75) is 45.4 Å². The third-order valence-corrected chi connectivity index (χ3v) is 4.76. The monoisotopic (exact) mass is 373 g/mol. The van der Waals surface area contributed by atoms with Crippen LogP contribution in [-0.2, 0) is 9.59 Å². The van der Waals surface area contributed by atoms with Crippen LogP contribution in [0, 0.1) is 5.41 Å². The van der Waals surface area contributed by atoms with E-state index in [1.165, 1.54) is 13.3 Å². The summed E-state index contributed by atoms with van der Waals surface area (Å²) in [5.41, 5.74) is 7.01. The van der Waals surface area contributed by atoms with Crippen LogP contribution in [0.3, 0.4) is 0 Å². The highest BCUT2D eigenvalue weighted by Gasteiger charge is 2.32. The van der Waals surface area contributed by atoms with E-state index in [1.54, 1.807) is 18.2 Å². The number of nitrogens with one attached hydrogen (secondary N) is 2. The summed E-state index contributed by atoms with van der Waals surface area (Å²) in [6.45, 7) is 1.96. The molecule has 0 heterocycles. The van der Waals surface area contributed by atoms with E-state index in [1.807, 2.05) is 0 Å². The number of nitrogens with two attached hydrogens (primary N) is 1. The van der Waals surface area contributed by atoms with Crippen molar-refractivity contribution in [2.75, 3.05) is 17.2 Å². The minimum absolute atomic E-state index is 0. The normalized spacial score (nSPS) is 16.0. The van der Waals surface area contributed by atoms with Crippen molar-refractivity contribution < 1.29 is 9.59 Å². The van der Waals surface area contributed by atoms with E-state index >= 15 is 0 Å². The van der Waals surface area contributed by atoms with Crippen molar-refractivity contribution in [2.24, 2.45) is 11.1 Å². The predicted octanol–water partition coefficient (Wildman–Crippen LogP) is 3.96.